The Balaban J connectivity index is 1.87. The molecule has 1 aromatic carbocycles. The lowest BCUT2D eigenvalue weighted by molar-refractivity contribution is 0.441. The average Bonchev–Trinajstić information content (AvgIpc) is 3.29. The number of halogens is 1. The summed E-state index contributed by atoms with van der Waals surface area (Å²) in [6.07, 6.45) is 8.12. The Labute approximate surface area is 163 Å². The number of pyridine rings is 1. The molecule has 4 nitrogen and oxygen atoms in total. The Kier molecular flexibility index (Phi) is 4.18. The maximum absolute atomic E-state index is 13.6. The van der Waals surface area contributed by atoms with Crippen molar-refractivity contribution in [2.45, 2.75) is 57.8 Å². The van der Waals surface area contributed by atoms with Crippen molar-refractivity contribution in [3.05, 3.63) is 53.6 Å². The standard InChI is InChI=1S/C23H25FN4/c1-14(2)22-20(15-6-4-3-5-7-15)21-19(12-16-13-25-27-23(16)26-21)28(22)18-10-8-17(24)9-11-18/h8-15H,3-7H2,1-2H3,(H,25,26,27). The third-order valence-electron chi connectivity index (χ3n) is 6.06. The molecule has 144 valence electrons. The van der Waals surface area contributed by atoms with Crippen LogP contribution in [0, 0.1) is 5.82 Å². The van der Waals surface area contributed by atoms with Gasteiger partial charge in [0, 0.05) is 22.3 Å². The molecule has 1 aliphatic carbocycles. The molecular formula is C23H25FN4. The summed E-state index contributed by atoms with van der Waals surface area (Å²) in [5, 5.41) is 8.20. The summed E-state index contributed by atoms with van der Waals surface area (Å²) >= 11 is 0. The fraction of sp³-hybridized carbons (Fsp3) is 0.391. The fourth-order valence-electron chi connectivity index (χ4n) is 4.84. The first kappa shape index (κ1) is 17.4. The number of nitrogens with zero attached hydrogens (tertiary/aromatic N) is 3. The molecule has 1 saturated carbocycles. The van der Waals surface area contributed by atoms with Gasteiger partial charge in [-0.1, -0.05) is 33.1 Å². The molecule has 1 fully saturated rings. The summed E-state index contributed by atoms with van der Waals surface area (Å²) in [7, 11) is 0. The van der Waals surface area contributed by atoms with E-state index < -0.39 is 0 Å². The molecule has 3 heterocycles. The second-order valence-electron chi connectivity index (χ2n) is 8.26. The molecule has 0 radical (unpaired) electrons. The van der Waals surface area contributed by atoms with E-state index in [9.17, 15) is 4.39 Å². The SMILES string of the molecule is CC(C)c1c(C2CCCCC2)c2nc3[nH]ncc3cc2n1-c1ccc(F)cc1. The van der Waals surface area contributed by atoms with Gasteiger partial charge in [-0.2, -0.15) is 5.10 Å². The van der Waals surface area contributed by atoms with Crippen LogP contribution in [0.3, 0.4) is 0 Å². The highest BCUT2D eigenvalue weighted by Gasteiger charge is 2.28. The van der Waals surface area contributed by atoms with Gasteiger partial charge in [-0.3, -0.25) is 5.10 Å². The minimum Gasteiger partial charge on any atom is -0.311 e. The molecule has 5 heteroatoms. The Morgan fingerprint density at radius 1 is 1.11 bits per heavy atom. The van der Waals surface area contributed by atoms with Gasteiger partial charge in [-0.15, -0.1) is 0 Å². The van der Waals surface area contributed by atoms with Gasteiger partial charge < -0.3 is 4.57 Å². The van der Waals surface area contributed by atoms with E-state index in [-0.39, 0.29) is 5.82 Å². The van der Waals surface area contributed by atoms with Gasteiger partial charge in [-0.05, 0) is 55.0 Å². The summed E-state index contributed by atoms with van der Waals surface area (Å²) in [5.41, 5.74) is 6.66. The van der Waals surface area contributed by atoms with Crippen LogP contribution in [0.1, 0.15) is 69.0 Å². The second-order valence-corrected chi connectivity index (χ2v) is 8.26. The summed E-state index contributed by atoms with van der Waals surface area (Å²) in [4.78, 5) is 5.01. The van der Waals surface area contributed by atoms with Crippen molar-refractivity contribution in [2.75, 3.05) is 0 Å². The zero-order chi connectivity index (χ0) is 19.3. The van der Waals surface area contributed by atoms with Crippen molar-refractivity contribution in [2.24, 2.45) is 0 Å². The monoisotopic (exact) mass is 376 g/mol. The van der Waals surface area contributed by atoms with Crippen LogP contribution in [0.5, 0.6) is 0 Å². The summed E-state index contributed by atoms with van der Waals surface area (Å²) in [6, 6.07) is 8.98. The molecule has 0 unspecified atom stereocenters. The van der Waals surface area contributed by atoms with Crippen molar-refractivity contribution < 1.29 is 4.39 Å². The van der Waals surface area contributed by atoms with E-state index >= 15 is 0 Å². The smallest absolute Gasteiger partial charge is 0.155 e. The first-order valence-corrected chi connectivity index (χ1v) is 10.3. The van der Waals surface area contributed by atoms with Crippen LogP contribution in [0.15, 0.2) is 36.5 Å². The highest BCUT2D eigenvalue weighted by molar-refractivity contribution is 5.93. The van der Waals surface area contributed by atoms with Gasteiger partial charge in [-0.25, -0.2) is 9.37 Å². The van der Waals surface area contributed by atoms with Gasteiger partial charge in [0.1, 0.15) is 5.82 Å². The molecular weight excluding hydrogens is 351 g/mol. The Hall–Kier alpha value is -2.69. The highest BCUT2D eigenvalue weighted by Crippen LogP contribution is 2.43. The molecule has 0 amide bonds. The fourth-order valence-corrected chi connectivity index (χ4v) is 4.84. The summed E-state index contributed by atoms with van der Waals surface area (Å²) < 4.78 is 15.9. The number of benzene rings is 1. The number of hydrogen-bond donors (Lipinski definition) is 1. The minimum absolute atomic E-state index is 0.214. The van der Waals surface area contributed by atoms with E-state index in [4.69, 9.17) is 4.98 Å². The van der Waals surface area contributed by atoms with Crippen LogP contribution in [0.4, 0.5) is 4.39 Å². The van der Waals surface area contributed by atoms with Gasteiger partial charge in [0.25, 0.3) is 0 Å². The molecule has 4 aromatic rings. The summed E-state index contributed by atoms with van der Waals surface area (Å²) in [5.74, 6) is 0.657. The van der Waals surface area contributed by atoms with E-state index in [1.807, 2.05) is 18.3 Å². The third-order valence-corrected chi connectivity index (χ3v) is 6.06. The van der Waals surface area contributed by atoms with E-state index in [2.05, 4.69) is 34.7 Å². The maximum Gasteiger partial charge on any atom is 0.155 e. The van der Waals surface area contributed by atoms with Crippen molar-refractivity contribution in [1.29, 1.82) is 0 Å². The van der Waals surface area contributed by atoms with E-state index in [1.165, 1.54) is 55.5 Å². The number of aromatic amines is 1. The predicted molar refractivity (Wildman–Crippen MR) is 111 cm³/mol. The van der Waals surface area contributed by atoms with Crippen molar-refractivity contribution in [3.8, 4) is 5.69 Å². The van der Waals surface area contributed by atoms with Crippen LogP contribution < -0.4 is 0 Å². The first-order valence-electron chi connectivity index (χ1n) is 10.3. The molecule has 0 aliphatic heterocycles. The number of hydrogen-bond acceptors (Lipinski definition) is 2. The van der Waals surface area contributed by atoms with Gasteiger partial charge in [0.15, 0.2) is 5.65 Å². The lowest BCUT2D eigenvalue weighted by atomic mass is 9.82. The Morgan fingerprint density at radius 2 is 1.86 bits per heavy atom. The van der Waals surface area contributed by atoms with Crippen molar-refractivity contribution >= 4 is 22.1 Å². The molecule has 5 rings (SSSR count). The average molecular weight is 376 g/mol. The number of nitrogens with one attached hydrogen (secondary N) is 1. The van der Waals surface area contributed by atoms with Gasteiger partial charge >= 0.3 is 0 Å². The number of rotatable bonds is 3. The van der Waals surface area contributed by atoms with Gasteiger partial charge in [0.2, 0.25) is 0 Å². The Bertz CT molecular complexity index is 1130. The molecule has 3 aromatic heterocycles. The molecule has 0 bridgehead atoms. The van der Waals surface area contributed by atoms with Crippen LogP contribution in [-0.2, 0) is 0 Å². The van der Waals surface area contributed by atoms with Crippen LogP contribution in [-0.4, -0.2) is 19.7 Å². The lowest BCUT2D eigenvalue weighted by Gasteiger charge is -2.24. The third kappa shape index (κ3) is 2.72. The highest BCUT2D eigenvalue weighted by atomic mass is 19.1. The van der Waals surface area contributed by atoms with Crippen molar-refractivity contribution in [1.82, 2.24) is 19.7 Å². The minimum atomic E-state index is -0.214. The molecule has 1 aliphatic rings. The normalized spacial score (nSPS) is 15.9. The van der Waals surface area contributed by atoms with E-state index in [0.717, 1.165) is 27.8 Å². The zero-order valence-corrected chi connectivity index (χ0v) is 16.4. The maximum atomic E-state index is 13.6. The van der Waals surface area contributed by atoms with Crippen LogP contribution >= 0.6 is 0 Å². The molecule has 0 spiro atoms. The molecule has 1 N–H and O–H groups in total. The molecule has 28 heavy (non-hydrogen) atoms. The summed E-state index contributed by atoms with van der Waals surface area (Å²) in [6.45, 7) is 4.49. The predicted octanol–water partition coefficient (Wildman–Crippen LogP) is 6.21. The van der Waals surface area contributed by atoms with E-state index in [1.54, 1.807) is 0 Å². The zero-order valence-electron chi connectivity index (χ0n) is 16.4. The largest absolute Gasteiger partial charge is 0.311 e. The molecule has 0 atom stereocenters. The first-order chi connectivity index (χ1) is 13.6. The van der Waals surface area contributed by atoms with Gasteiger partial charge in [0.05, 0.1) is 17.2 Å². The topological polar surface area (TPSA) is 46.5 Å². The number of aromatic nitrogens is 4. The van der Waals surface area contributed by atoms with Crippen molar-refractivity contribution in [3.63, 3.8) is 0 Å². The number of H-pyrrole nitrogens is 1. The second kappa shape index (κ2) is 6.73. The number of fused-ring (bicyclic) bond motifs is 2. The Morgan fingerprint density at radius 3 is 2.57 bits per heavy atom. The molecule has 0 saturated heterocycles. The van der Waals surface area contributed by atoms with Crippen LogP contribution in [0.25, 0.3) is 27.8 Å². The van der Waals surface area contributed by atoms with Crippen LogP contribution in [0.2, 0.25) is 0 Å². The van der Waals surface area contributed by atoms with E-state index in [0.29, 0.717) is 11.8 Å². The lowest BCUT2D eigenvalue weighted by Crippen LogP contribution is -2.10. The quantitative estimate of drug-likeness (QED) is 0.462.